The molecule has 1 aromatic rings. The van der Waals surface area contributed by atoms with Gasteiger partial charge in [-0.2, -0.15) is 5.10 Å². The topological polar surface area (TPSA) is 57.5 Å². The second kappa shape index (κ2) is 7.19. The van der Waals surface area contributed by atoms with Crippen LogP contribution < -0.4 is 0 Å². The summed E-state index contributed by atoms with van der Waals surface area (Å²) in [6.45, 7) is 10.0. The van der Waals surface area contributed by atoms with Crippen molar-refractivity contribution in [2.24, 2.45) is 0 Å². The highest BCUT2D eigenvalue weighted by Gasteiger charge is 2.27. The second-order valence-electron chi connectivity index (χ2n) is 6.27. The predicted molar refractivity (Wildman–Crippen MR) is 83.3 cm³/mol. The van der Waals surface area contributed by atoms with Crippen LogP contribution in [0, 0.1) is 0 Å². The lowest BCUT2D eigenvalue weighted by Crippen LogP contribution is -2.53. The molecule has 22 heavy (non-hydrogen) atoms. The van der Waals surface area contributed by atoms with Gasteiger partial charge in [0.05, 0.1) is 6.54 Å². The van der Waals surface area contributed by atoms with E-state index in [1.807, 2.05) is 9.58 Å². The normalized spacial score (nSPS) is 22.1. The summed E-state index contributed by atoms with van der Waals surface area (Å²) in [5.41, 5.74) is 0. The molecule has 0 radical (unpaired) electrons. The average molecular weight is 306 g/mol. The molecule has 122 valence electrons. The maximum absolute atomic E-state index is 11.4. The van der Waals surface area contributed by atoms with Crippen molar-refractivity contribution in [1.82, 2.24) is 29.5 Å². The Morgan fingerprint density at radius 1 is 1.09 bits per heavy atom. The molecule has 2 saturated heterocycles. The summed E-state index contributed by atoms with van der Waals surface area (Å²) in [5.74, 6) is 0.219. The monoisotopic (exact) mass is 306 g/mol. The van der Waals surface area contributed by atoms with Gasteiger partial charge in [-0.05, 0) is 12.8 Å². The van der Waals surface area contributed by atoms with Gasteiger partial charge in [-0.25, -0.2) is 4.98 Å². The van der Waals surface area contributed by atoms with Crippen LogP contribution in [0.15, 0.2) is 12.7 Å². The molecule has 7 heteroatoms. The van der Waals surface area contributed by atoms with Crippen molar-refractivity contribution >= 4 is 5.91 Å². The van der Waals surface area contributed by atoms with Crippen LogP contribution in [0.5, 0.6) is 0 Å². The number of nitrogens with zero attached hydrogens (tertiary/aromatic N) is 6. The van der Waals surface area contributed by atoms with Crippen molar-refractivity contribution in [3.63, 3.8) is 0 Å². The fourth-order valence-corrected chi connectivity index (χ4v) is 3.49. The molecule has 2 aliphatic rings. The zero-order valence-corrected chi connectivity index (χ0v) is 13.4. The van der Waals surface area contributed by atoms with Crippen LogP contribution in [-0.2, 0) is 11.3 Å². The van der Waals surface area contributed by atoms with E-state index >= 15 is 0 Å². The van der Waals surface area contributed by atoms with Gasteiger partial charge in [0.25, 0.3) is 0 Å². The number of piperazine rings is 1. The third-order valence-electron chi connectivity index (χ3n) is 4.94. The van der Waals surface area contributed by atoms with Gasteiger partial charge in [-0.3, -0.25) is 19.3 Å². The minimum absolute atomic E-state index is 0.219. The Bertz CT molecular complexity index is 460. The first-order valence-corrected chi connectivity index (χ1v) is 8.27. The molecule has 2 fully saturated rings. The number of hydrogen-bond donors (Lipinski definition) is 0. The number of rotatable bonds is 4. The fraction of sp³-hybridized carbons (Fsp3) is 0.800. The van der Waals surface area contributed by atoms with Crippen molar-refractivity contribution in [3.05, 3.63) is 12.7 Å². The molecule has 3 heterocycles. The van der Waals surface area contributed by atoms with E-state index < -0.39 is 0 Å². The fourth-order valence-electron chi connectivity index (χ4n) is 3.49. The van der Waals surface area contributed by atoms with E-state index in [9.17, 15) is 4.79 Å². The van der Waals surface area contributed by atoms with E-state index in [1.54, 1.807) is 19.6 Å². The number of carbonyl (C=O) groups is 1. The van der Waals surface area contributed by atoms with Crippen LogP contribution in [0.3, 0.4) is 0 Å². The van der Waals surface area contributed by atoms with E-state index in [0.717, 1.165) is 65.2 Å². The van der Waals surface area contributed by atoms with E-state index in [2.05, 4.69) is 19.9 Å². The van der Waals surface area contributed by atoms with Gasteiger partial charge < -0.3 is 4.90 Å². The molecule has 0 unspecified atom stereocenters. The third-order valence-corrected chi connectivity index (χ3v) is 4.94. The van der Waals surface area contributed by atoms with Crippen LogP contribution in [0.25, 0.3) is 0 Å². The molecule has 0 bridgehead atoms. The van der Waals surface area contributed by atoms with Gasteiger partial charge >= 0.3 is 0 Å². The zero-order chi connectivity index (χ0) is 15.4. The van der Waals surface area contributed by atoms with Gasteiger partial charge in [0, 0.05) is 58.8 Å². The number of hydrogen-bond acceptors (Lipinski definition) is 5. The highest BCUT2D eigenvalue weighted by Crippen LogP contribution is 2.18. The average Bonchev–Trinajstić information content (AvgIpc) is 3.07. The van der Waals surface area contributed by atoms with Crippen molar-refractivity contribution in [2.75, 3.05) is 45.8 Å². The summed E-state index contributed by atoms with van der Waals surface area (Å²) in [6, 6.07) is 0.660. The van der Waals surface area contributed by atoms with Crippen molar-refractivity contribution in [1.29, 1.82) is 0 Å². The molecule has 0 N–H and O–H groups in total. The predicted octanol–water partition coefficient (Wildman–Crippen LogP) is -0.0934. The minimum atomic E-state index is 0.219. The van der Waals surface area contributed by atoms with Gasteiger partial charge in [-0.1, -0.05) is 0 Å². The molecule has 0 spiro atoms. The molecule has 0 aromatic carbocycles. The number of amides is 1. The standard InChI is InChI=1S/C15H26N6O/c1-14(22)19-4-2-15(3-5-19)20-9-6-18(7-10-20)8-11-21-13-16-12-17-21/h12-13,15H,2-11H2,1H3. The van der Waals surface area contributed by atoms with Crippen molar-refractivity contribution < 1.29 is 4.79 Å². The number of piperidine rings is 1. The van der Waals surface area contributed by atoms with Crippen LogP contribution >= 0.6 is 0 Å². The summed E-state index contributed by atoms with van der Waals surface area (Å²) in [4.78, 5) is 22.5. The Hall–Kier alpha value is -1.47. The van der Waals surface area contributed by atoms with Gasteiger partial charge in [-0.15, -0.1) is 0 Å². The molecule has 0 atom stereocenters. The highest BCUT2D eigenvalue weighted by molar-refractivity contribution is 5.73. The lowest BCUT2D eigenvalue weighted by atomic mass is 10.0. The maximum Gasteiger partial charge on any atom is 0.219 e. The summed E-state index contributed by atoms with van der Waals surface area (Å²) in [6.07, 6.45) is 5.61. The van der Waals surface area contributed by atoms with Crippen LogP contribution in [0.2, 0.25) is 0 Å². The van der Waals surface area contributed by atoms with Crippen molar-refractivity contribution in [2.45, 2.75) is 32.4 Å². The Kier molecular flexibility index (Phi) is 5.04. The van der Waals surface area contributed by atoms with Gasteiger partial charge in [0.1, 0.15) is 12.7 Å². The summed E-state index contributed by atoms with van der Waals surface area (Å²) in [5, 5.41) is 4.15. The van der Waals surface area contributed by atoms with Crippen LogP contribution in [-0.4, -0.2) is 87.2 Å². The Morgan fingerprint density at radius 3 is 2.41 bits per heavy atom. The van der Waals surface area contributed by atoms with Crippen LogP contribution in [0.4, 0.5) is 0 Å². The first-order valence-electron chi connectivity index (χ1n) is 8.27. The second-order valence-corrected chi connectivity index (χ2v) is 6.27. The Morgan fingerprint density at radius 2 is 1.82 bits per heavy atom. The number of carbonyl (C=O) groups excluding carboxylic acids is 1. The van der Waals surface area contributed by atoms with E-state index in [1.165, 1.54) is 0 Å². The van der Waals surface area contributed by atoms with Gasteiger partial charge in [0.15, 0.2) is 0 Å². The van der Waals surface area contributed by atoms with Crippen LogP contribution in [0.1, 0.15) is 19.8 Å². The summed E-state index contributed by atoms with van der Waals surface area (Å²) in [7, 11) is 0. The van der Waals surface area contributed by atoms with E-state index in [0.29, 0.717) is 6.04 Å². The van der Waals surface area contributed by atoms with Gasteiger partial charge in [0.2, 0.25) is 5.91 Å². The Balaban J connectivity index is 1.38. The molecule has 3 rings (SSSR count). The lowest BCUT2D eigenvalue weighted by Gasteiger charge is -2.42. The third kappa shape index (κ3) is 3.84. The van der Waals surface area contributed by atoms with E-state index in [4.69, 9.17) is 0 Å². The van der Waals surface area contributed by atoms with Crippen molar-refractivity contribution in [3.8, 4) is 0 Å². The number of aromatic nitrogens is 3. The number of likely N-dealkylation sites (tertiary alicyclic amines) is 1. The first kappa shape index (κ1) is 15.4. The quantitative estimate of drug-likeness (QED) is 0.778. The zero-order valence-electron chi connectivity index (χ0n) is 13.4. The molecular formula is C15H26N6O. The summed E-state index contributed by atoms with van der Waals surface area (Å²) >= 11 is 0. The minimum Gasteiger partial charge on any atom is -0.343 e. The molecule has 1 amide bonds. The molecule has 1 aromatic heterocycles. The SMILES string of the molecule is CC(=O)N1CCC(N2CCN(CCn3cncn3)CC2)CC1. The summed E-state index contributed by atoms with van der Waals surface area (Å²) < 4.78 is 1.89. The largest absolute Gasteiger partial charge is 0.343 e. The maximum atomic E-state index is 11.4. The molecular weight excluding hydrogens is 280 g/mol. The highest BCUT2D eigenvalue weighted by atomic mass is 16.2. The first-order chi connectivity index (χ1) is 10.7. The molecule has 0 aliphatic carbocycles. The smallest absolute Gasteiger partial charge is 0.219 e. The molecule has 0 saturated carbocycles. The molecule has 7 nitrogen and oxygen atoms in total. The van der Waals surface area contributed by atoms with E-state index in [-0.39, 0.29) is 5.91 Å². The lowest BCUT2D eigenvalue weighted by molar-refractivity contribution is -0.130. The Labute approximate surface area is 131 Å². The molecule has 2 aliphatic heterocycles.